The number of benzene rings is 1. The van der Waals surface area contributed by atoms with Gasteiger partial charge in [0, 0.05) is 10.9 Å². The number of carboxylic acids is 1. The molecular formula is C18H19N5O3S. The Hall–Kier alpha value is -3.07. The maximum atomic E-state index is 12.3. The van der Waals surface area contributed by atoms with Crippen LogP contribution in [-0.4, -0.2) is 37.0 Å². The van der Waals surface area contributed by atoms with E-state index in [2.05, 4.69) is 46.6 Å². The Morgan fingerprint density at radius 3 is 2.67 bits per heavy atom. The zero-order chi connectivity index (χ0) is 19.4. The van der Waals surface area contributed by atoms with Gasteiger partial charge in [0.05, 0.1) is 12.7 Å². The number of aromatic nitrogens is 4. The van der Waals surface area contributed by atoms with Crippen LogP contribution >= 0.6 is 11.3 Å². The molecule has 0 aliphatic heterocycles. The van der Waals surface area contributed by atoms with Crippen molar-refractivity contribution >= 4 is 23.2 Å². The maximum Gasteiger partial charge on any atom is 0.325 e. The fourth-order valence-corrected chi connectivity index (χ4v) is 3.22. The number of amides is 1. The Balaban J connectivity index is 1.61. The number of hydrogen-bond donors (Lipinski definition) is 2. The second-order valence-corrected chi connectivity index (χ2v) is 7.16. The average molecular weight is 385 g/mol. The second kappa shape index (κ2) is 8.09. The van der Waals surface area contributed by atoms with Gasteiger partial charge < -0.3 is 10.4 Å². The Labute approximate surface area is 159 Å². The van der Waals surface area contributed by atoms with Gasteiger partial charge >= 0.3 is 5.97 Å². The summed E-state index contributed by atoms with van der Waals surface area (Å²) in [5.41, 5.74) is 3.04. The maximum absolute atomic E-state index is 12.3. The molecule has 0 unspecified atom stereocenters. The van der Waals surface area contributed by atoms with Crippen molar-refractivity contribution < 1.29 is 14.7 Å². The number of thiazole rings is 1. The number of aliphatic carboxylic acids is 1. The van der Waals surface area contributed by atoms with Gasteiger partial charge in [-0.1, -0.05) is 43.3 Å². The van der Waals surface area contributed by atoms with Crippen LogP contribution in [-0.2, 0) is 17.9 Å². The summed E-state index contributed by atoms with van der Waals surface area (Å²) in [5, 5.41) is 21.4. The minimum Gasteiger partial charge on any atom is -0.480 e. The first kappa shape index (κ1) is 18.7. The van der Waals surface area contributed by atoms with Gasteiger partial charge in [-0.2, -0.15) is 0 Å². The Morgan fingerprint density at radius 2 is 2.00 bits per heavy atom. The molecule has 0 aliphatic rings. The molecule has 1 amide bonds. The van der Waals surface area contributed by atoms with Gasteiger partial charge in [-0.05, 0) is 11.5 Å². The minimum atomic E-state index is -1.01. The van der Waals surface area contributed by atoms with Gasteiger partial charge in [-0.3, -0.25) is 9.59 Å². The van der Waals surface area contributed by atoms with Gasteiger partial charge in [-0.25, -0.2) is 9.67 Å². The number of rotatable bonds is 7. The van der Waals surface area contributed by atoms with Crippen molar-refractivity contribution in [2.75, 3.05) is 0 Å². The van der Waals surface area contributed by atoms with Crippen LogP contribution < -0.4 is 5.32 Å². The Kier molecular flexibility index (Phi) is 5.60. The van der Waals surface area contributed by atoms with Gasteiger partial charge in [0.15, 0.2) is 0 Å². The minimum absolute atomic E-state index is 0.147. The molecular weight excluding hydrogens is 366 g/mol. The molecule has 2 heterocycles. The lowest BCUT2D eigenvalue weighted by Crippen LogP contribution is -2.23. The molecule has 0 saturated heterocycles. The highest BCUT2D eigenvalue weighted by Gasteiger charge is 2.13. The number of carboxylic acid groups (broad SMARTS) is 1. The van der Waals surface area contributed by atoms with Gasteiger partial charge in [0.1, 0.15) is 22.9 Å². The summed E-state index contributed by atoms with van der Waals surface area (Å²) in [6.45, 7) is 4.16. The smallest absolute Gasteiger partial charge is 0.325 e. The van der Waals surface area contributed by atoms with E-state index in [1.54, 1.807) is 5.38 Å². The summed E-state index contributed by atoms with van der Waals surface area (Å²) >= 11 is 1.41. The molecule has 1 aromatic carbocycles. The molecule has 0 aliphatic carbocycles. The van der Waals surface area contributed by atoms with E-state index in [1.807, 2.05) is 12.1 Å². The first-order chi connectivity index (χ1) is 12.9. The van der Waals surface area contributed by atoms with Crippen LogP contribution in [0.1, 0.15) is 41.5 Å². The topological polar surface area (TPSA) is 110 Å². The van der Waals surface area contributed by atoms with Crippen LogP contribution in [0.4, 0.5) is 0 Å². The average Bonchev–Trinajstić information content (AvgIpc) is 3.29. The van der Waals surface area contributed by atoms with E-state index in [1.165, 1.54) is 27.8 Å². The van der Waals surface area contributed by atoms with E-state index in [-0.39, 0.29) is 19.0 Å². The quantitative estimate of drug-likeness (QED) is 0.647. The number of nitrogens with one attached hydrogen (secondary N) is 1. The molecule has 3 aromatic rings. The zero-order valence-electron chi connectivity index (χ0n) is 14.9. The Morgan fingerprint density at radius 1 is 1.26 bits per heavy atom. The molecule has 0 radical (unpaired) electrons. The molecule has 2 N–H and O–H groups in total. The number of carbonyl (C=O) groups excluding carboxylic acids is 1. The number of nitrogens with zero attached hydrogens (tertiary/aromatic N) is 4. The van der Waals surface area contributed by atoms with Crippen molar-refractivity contribution in [3.63, 3.8) is 0 Å². The second-order valence-electron chi connectivity index (χ2n) is 6.30. The predicted molar refractivity (Wildman–Crippen MR) is 100 cm³/mol. The van der Waals surface area contributed by atoms with Crippen molar-refractivity contribution in [3.05, 3.63) is 52.8 Å². The summed E-state index contributed by atoms with van der Waals surface area (Å²) in [7, 11) is 0. The largest absolute Gasteiger partial charge is 0.480 e. The van der Waals surface area contributed by atoms with Crippen molar-refractivity contribution in [3.8, 4) is 10.6 Å². The van der Waals surface area contributed by atoms with E-state index >= 15 is 0 Å². The molecule has 27 heavy (non-hydrogen) atoms. The molecule has 0 fully saturated rings. The molecule has 3 rings (SSSR count). The van der Waals surface area contributed by atoms with Crippen LogP contribution in [0.3, 0.4) is 0 Å². The molecule has 0 saturated carbocycles. The van der Waals surface area contributed by atoms with Crippen molar-refractivity contribution in [1.29, 1.82) is 0 Å². The van der Waals surface area contributed by atoms with Crippen LogP contribution in [0.25, 0.3) is 10.6 Å². The monoisotopic (exact) mass is 385 g/mol. The normalized spacial score (nSPS) is 10.9. The van der Waals surface area contributed by atoms with E-state index in [4.69, 9.17) is 5.11 Å². The third-order valence-electron chi connectivity index (χ3n) is 3.87. The Bertz CT molecular complexity index is 946. The van der Waals surface area contributed by atoms with Gasteiger partial charge in [0.2, 0.25) is 0 Å². The summed E-state index contributed by atoms with van der Waals surface area (Å²) in [6.07, 6.45) is 1.48. The van der Waals surface area contributed by atoms with E-state index in [0.29, 0.717) is 17.3 Å². The van der Waals surface area contributed by atoms with E-state index in [0.717, 1.165) is 10.6 Å². The fraction of sp³-hybridized carbons (Fsp3) is 0.278. The molecule has 8 nitrogen and oxygen atoms in total. The zero-order valence-corrected chi connectivity index (χ0v) is 15.7. The highest BCUT2D eigenvalue weighted by atomic mass is 32.1. The molecule has 140 valence electrons. The van der Waals surface area contributed by atoms with E-state index < -0.39 is 5.97 Å². The summed E-state index contributed by atoms with van der Waals surface area (Å²) in [6, 6.07) is 8.16. The number of hydrogen-bond acceptors (Lipinski definition) is 6. The molecule has 2 aromatic heterocycles. The first-order valence-corrected chi connectivity index (χ1v) is 9.25. The summed E-state index contributed by atoms with van der Waals surface area (Å²) < 4.78 is 1.20. The first-order valence-electron chi connectivity index (χ1n) is 8.37. The molecule has 0 atom stereocenters. The van der Waals surface area contributed by atoms with Gasteiger partial charge in [0.25, 0.3) is 5.91 Å². The third kappa shape index (κ3) is 4.76. The van der Waals surface area contributed by atoms with E-state index in [9.17, 15) is 9.59 Å². The lowest BCUT2D eigenvalue weighted by atomic mass is 10.0. The van der Waals surface area contributed by atoms with Crippen LogP contribution in [0.15, 0.2) is 35.8 Å². The van der Waals surface area contributed by atoms with Crippen LogP contribution in [0, 0.1) is 0 Å². The van der Waals surface area contributed by atoms with Crippen molar-refractivity contribution in [2.24, 2.45) is 0 Å². The fourth-order valence-electron chi connectivity index (χ4n) is 2.42. The SMILES string of the molecule is CC(C)c1ccc(-c2nc(C(=O)NCc3cn(CC(=O)O)nn3)cs2)cc1. The summed E-state index contributed by atoms with van der Waals surface area (Å²) in [5.74, 6) is -0.860. The highest BCUT2D eigenvalue weighted by Crippen LogP contribution is 2.25. The molecule has 0 bridgehead atoms. The number of carbonyl (C=O) groups is 2. The van der Waals surface area contributed by atoms with Gasteiger partial charge in [-0.15, -0.1) is 16.4 Å². The van der Waals surface area contributed by atoms with Crippen LogP contribution in [0.5, 0.6) is 0 Å². The third-order valence-corrected chi connectivity index (χ3v) is 4.77. The van der Waals surface area contributed by atoms with Crippen molar-refractivity contribution in [1.82, 2.24) is 25.3 Å². The molecule has 0 spiro atoms. The van der Waals surface area contributed by atoms with Crippen LogP contribution in [0.2, 0.25) is 0 Å². The standard InChI is InChI=1S/C18H19N5O3S/c1-11(2)12-3-5-13(6-4-12)18-20-15(10-27-18)17(26)19-7-14-8-23(22-21-14)9-16(24)25/h3-6,8,10-11H,7,9H2,1-2H3,(H,19,26)(H,24,25). The highest BCUT2D eigenvalue weighted by molar-refractivity contribution is 7.13. The summed E-state index contributed by atoms with van der Waals surface area (Å²) in [4.78, 5) is 27.3. The lowest BCUT2D eigenvalue weighted by Gasteiger charge is -2.05. The predicted octanol–water partition coefficient (Wildman–Crippen LogP) is 2.54. The lowest BCUT2D eigenvalue weighted by molar-refractivity contribution is -0.137. The molecule has 9 heteroatoms. The van der Waals surface area contributed by atoms with Crippen molar-refractivity contribution in [2.45, 2.75) is 32.9 Å².